The van der Waals surface area contributed by atoms with Crippen molar-refractivity contribution in [2.24, 2.45) is 0 Å². The molecule has 0 radical (unpaired) electrons. The second kappa shape index (κ2) is 5.16. The quantitative estimate of drug-likeness (QED) is 0.900. The third kappa shape index (κ3) is 2.64. The van der Waals surface area contributed by atoms with Gasteiger partial charge in [-0.05, 0) is 49.1 Å². The molecular weight excluding hydrogens is 246 g/mol. The highest BCUT2D eigenvalue weighted by atomic mass is 16.5. The lowest BCUT2D eigenvalue weighted by Crippen LogP contribution is -2.41. The maximum absolute atomic E-state index is 5.90. The lowest BCUT2D eigenvalue weighted by atomic mass is 9.71. The third-order valence-electron chi connectivity index (χ3n) is 5.15. The highest BCUT2D eigenvalue weighted by Gasteiger charge is 2.34. The average Bonchev–Trinajstić information content (AvgIpc) is 2.86. The molecule has 1 heterocycles. The summed E-state index contributed by atoms with van der Waals surface area (Å²) in [7, 11) is 0. The van der Waals surface area contributed by atoms with Crippen molar-refractivity contribution in [1.29, 1.82) is 0 Å². The fraction of sp³-hybridized carbons (Fsp3) is 0.667. The van der Waals surface area contributed by atoms with Crippen LogP contribution in [0.5, 0.6) is 0 Å². The summed E-state index contributed by atoms with van der Waals surface area (Å²) in [4.78, 5) is 0. The highest BCUT2D eigenvalue weighted by Crippen LogP contribution is 2.41. The van der Waals surface area contributed by atoms with Crippen LogP contribution in [0.3, 0.4) is 0 Å². The molecule has 3 rings (SSSR count). The standard InChI is InChI=1S/C18H27NO/c1-17(2)11-9-16(14-7-4-5-8-15(14)17)19-13-18(3)10-6-12-20-18/h4-5,7-8,16,19H,6,9-13H2,1-3H3. The molecule has 0 amide bonds. The van der Waals surface area contributed by atoms with Gasteiger partial charge in [0.15, 0.2) is 0 Å². The van der Waals surface area contributed by atoms with Crippen molar-refractivity contribution in [2.75, 3.05) is 13.2 Å². The van der Waals surface area contributed by atoms with Gasteiger partial charge in [0.2, 0.25) is 0 Å². The van der Waals surface area contributed by atoms with E-state index < -0.39 is 0 Å². The van der Waals surface area contributed by atoms with Crippen molar-refractivity contribution in [1.82, 2.24) is 5.32 Å². The molecule has 1 fully saturated rings. The molecule has 2 aliphatic rings. The summed E-state index contributed by atoms with van der Waals surface area (Å²) in [6, 6.07) is 9.43. The smallest absolute Gasteiger partial charge is 0.0779 e. The van der Waals surface area contributed by atoms with E-state index in [0.717, 1.165) is 13.2 Å². The summed E-state index contributed by atoms with van der Waals surface area (Å²) in [5.74, 6) is 0. The van der Waals surface area contributed by atoms with E-state index in [1.165, 1.54) is 36.8 Å². The average molecular weight is 273 g/mol. The first-order chi connectivity index (χ1) is 9.50. The van der Waals surface area contributed by atoms with Crippen molar-refractivity contribution < 1.29 is 4.74 Å². The van der Waals surface area contributed by atoms with E-state index in [1.54, 1.807) is 0 Å². The second-order valence-electron chi connectivity index (χ2n) is 7.35. The van der Waals surface area contributed by atoms with Gasteiger partial charge in [0.25, 0.3) is 0 Å². The largest absolute Gasteiger partial charge is 0.374 e. The van der Waals surface area contributed by atoms with Crippen molar-refractivity contribution in [2.45, 2.75) is 63.5 Å². The molecule has 0 bridgehead atoms. The molecule has 2 atom stereocenters. The molecule has 20 heavy (non-hydrogen) atoms. The minimum Gasteiger partial charge on any atom is -0.374 e. The van der Waals surface area contributed by atoms with Crippen LogP contribution in [-0.4, -0.2) is 18.8 Å². The van der Waals surface area contributed by atoms with Crippen LogP contribution in [0.25, 0.3) is 0 Å². The van der Waals surface area contributed by atoms with E-state index in [0.29, 0.717) is 11.5 Å². The van der Waals surface area contributed by atoms with Crippen molar-refractivity contribution >= 4 is 0 Å². The first-order valence-corrected chi connectivity index (χ1v) is 7.97. The Morgan fingerprint density at radius 3 is 2.75 bits per heavy atom. The number of benzene rings is 1. The number of hydrogen-bond donors (Lipinski definition) is 1. The van der Waals surface area contributed by atoms with Crippen molar-refractivity contribution in [3.63, 3.8) is 0 Å². The zero-order chi connectivity index (χ0) is 14.2. The van der Waals surface area contributed by atoms with Crippen molar-refractivity contribution in [3.05, 3.63) is 35.4 Å². The molecule has 0 spiro atoms. The molecule has 2 unspecified atom stereocenters. The van der Waals surface area contributed by atoms with Gasteiger partial charge in [0, 0.05) is 19.2 Å². The first kappa shape index (κ1) is 14.1. The molecule has 1 aromatic rings. The molecule has 1 aromatic carbocycles. The second-order valence-corrected chi connectivity index (χ2v) is 7.35. The summed E-state index contributed by atoms with van der Waals surface area (Å²) >= 11 is 0. The van der Waals surface area contributed by atoms with E-state index in [9.17, 15) is 0 Å². The predicted octanol–water partition coefficient (Wildman–Crippen LogP) is 3.96. The van der Waals surface area contributed by atoms with E-state index in [-0.39, 0.29) is 5.60 Å². The summed E-state index contributed by atoms with van der Waals surface area (Å²) < 4.78 is 5.90. The summed E-state index contributed by atoms with van der Waals surface area (Å²) in [5, 5.41) is 3.77. The van der Waals surface area contributed by atoms with E-state index in [1.807, 2.05) is 0 Å². The Kier molecular flexibility index (Phi) is 3.64. The van der Waals surface area contributed by atoms with Gasteiger partial charge < -0.3 is 10.1 Å². The van der Waals surface area contributed by atoms with Gasteiger partial charge in [-0.15, -0.1) is 0 Å². The molecule has 110 valence electrons. The zero-order valence-corrected chi connectivity index (χ0v) is 13.0. The number of hydrogen-bond acceptors (Lipinski definition) is 2. The van der Waals surface area contributed by atoms with Crippen LogP contribution in [-0.2, 0) is 10.2 Å². The van der Waals surface area contributed by atoms with Crippen LogP contribution in [0.4, 0.5) is 0 Å². The Morgan fingerprint density at radius 1 is 1.20 bits per heavy atom. The highest BCUT2D eigenvalue weighted by molar-refractivity contribution is 5.38. The minimum absolute atomic E-state index is 0.0436. The molecule has 0 saturated carbocycles. The fourth-order valence-electron chi connectivity index (χ4n) is 3.74. The fourth-order valence-corrected chi connectivity index (χ4v) is 3.74. The number of rotatable bonds is 3. The van der Waals surface area contributed by atoms with Gasteiger partial charge in [-0.3, -0.25) is 0 Å². The summed E-state index contributed by atoms with van der Waals surface area (Å²) in [6.45, 7) is 8.86. The topological polar surface area (TPSA) is 21.3 Å². The Hall–Kier alpha value is -0.860. The van der Waals surface area contributed by atoms with Gasteiger partial charge in [-0.2, -0.15) is 0 Å². The monoisotopic (exact) mass is 273 g/mol. The normalized spacial score (nSPS) is 32.0. The summed E-state index contributed by atoms with van der Waals surface area (Å²) in [6.07, 6.45) is 4.85. The molecule has 1 aliphatic heterocycles. The Labute approximate surface area is 122 Å². The molecule has 2 heteroatoms. The molecule has 1 saturated heterocycles. The number of fused-ring (bicyclic) bond motifs is 1. The van der Waals surface area contributed by atoms with E-state index in [2.05, 4.69) is 50.4 Å². The molecule has 1 aliphatic carbocycles. The Balaban J connectivity index is 1.75. The third-order valence-corrected chi connectivity index (χ3v) is 5.15. The number of nitrogens with one attached hydrogen (secondary N) is 1. The van der Waals surface area contributed by atoms with Crippen LogP contribution in [0.2, 0.25) is 0 Å². The van der Waals surface area contributed by atoms with E-state index >= 15 is 0 Å². The molecular formula is C18H27NO. The molecule has 1 N–H and O–H groups in total. The lowest BCUT2D eigenvalue weighted by molar-refractivity contribution is 0.0180. The zero-order valence-electron chi connectivity index (χ0n) is 13.0. The van der Waals surface area contributed by atoms with Gasteiger partial charge in [0.1, 0.15) is 0 Å². The Morgan fingerprint density at radius 2 is 2.00 bits per heavy atom. The van der Waals surface area contributed by atoms with Crippen LogP contribution in [0, 0.1) is 0 Å². The maximum Gasteiger partial charge on any atom is 0.0779 e. The number of ether oxygens (including phenoxy) is 1. The van der Waals surface area contributed by atoms with Crippen LogP contribution in [0.1, 0.15) is 63.6 Å². The van der Waals surface area contributed by atoms with Gasteiger partial charge in [-0.1, -0.05) is 38.1 Å². The summed E-state index contributed by atoms with van der Waals surface area (Å²) in [5.41, 5.74) is 3.36. The SMILES string of the molecule is CC1(CNC2CCC(C)(C)c3ccccc32)CCCO1. The maximum atomic E-state index is 5.90. The lowest BCUT2D eigenvalue weighted by Gasteiger charge is -2.38. The minimum atomic E-state index is 0.0436. The predicted molar refractivity (Wildman–Crippen MR) is 83.0 cm³/mol. The van der Waals surface area contributed by atoms with Crippen molar-refractivity contribution in [3.8, 4) is 0 Å². The molecule has 0 aromatic heterocycles. The first-order valence-electron chi connectivity index (χ1n) is 7.97. The van der Waals surface area contributed by atoms with Gasteiger partial charge in [0.05, 0.1) is 5.60 Å². The van der Waals surface area contributed by atoms with Gasteiger partial charge >= 0.3 is 0 Å². The van der Waals surface area contributed by atoms with Gasteiger partial charge in [-0.25, -0.2) is 0 Å². The molecule has 2 nitrogen and oxygen atoms in total. The van der Waals surface area contributed by atoms with Crippen LogP contribution < -0.4 is 5.32 Å². The van der Waals surface area contributed by atoms with E-state index in [4.69, 9.17) is 4.74 Å². The Bertz CT molecular complexity index is 474. The van der Waals surface area contributed by atoms with Crippen LogP contribution in [0.15, 0.2) is 24.3 Å². The van der Waals surface area contributed by atoms with Crippen LogP contribution >= 0.6 is 0 Å².